The molecule has 2 nitrogen and oxygen atoms in total. The molecule has 2 rings (SSSR count). The Balaban J connectivity index is 2.10. The summed E-state index contributed by atoms with van der Waals surface area (Å²) in [6.07, 6.45) is 19.7. The van der Waals surface area contributed by atoms with Crippen LogP contribution >= 0.6 is 0 Å². The maximum Gasteiger partial charge on any atom is 0.0620 e. The minimum Gasteiger partial charge on any atom is -0.392 e. The molecule has 0 radical (unpaired) electrons. The highest BCUT2D eigenvalue weighted by Crippen LogP contribution is 2.41. The Kier molecular flexibility index (Phi) is 5.88. The molecule has 0 aromatic carbocycles. The molecule has 0 unspecified atom stereocenters. The fourth-order valence-electron chi connectivity index (χ4n) is 4.09. The fourth-order valence-corrected chi connectivity index (χ4v) is 4.09. The monoisotopic (exact) mass is 285 g/mol. The first kappa shape index (κ1) is 16.1. The predicted molar refractivity (Wildman–Crippen MR) is 87.8 cm³/mol. The molecule has 2 heteroatoms. The van der Waals surface area contributed by atoms with Crippen molar-refractivity contribution in [2.45, 2.75) is 69.1 Å². The van der Waals surface area contributed by atoms with Crippen molar-refractivity contribution >= 4 is 0 Å². The van der Waals surface area contributed by atoms with Crippen molar-refractivity contribution in [3.05, 3.63) is 30.5 Å². The van der Waals surface area contributed by atoms with Gasteiger partial charge in [0.25, 0.3) is 0 Å². The van der Waals surface area contributed by atoms with Crippen molar-refractivity contribution < 1.29 is 5.11 Å². The zero-order chi connectivity index (χ0) is 15.1. The number of aliphatic hydroxyl groups excluding tert-OH is 1. The van der Waals surface area contributed by atoms with Crippen molar-refractivity contribution in [3.63, 3.8) is 0 Å². The van der Waals surface area contributed by atoms with Crippen molar-refractivity contribution in [1.82, 2.24) is 5.32 Å². The predicted octanol–water partition coefficient (Wildman–Crippen LogP) is 3.34. The van der Waals surface area contributed by atoms with Gasteiger partial charge in [0, 0.05) is 17.5 Å². The lowest BCUT2D eigenvalue weighted by atomic mass is 9.66. The summed E-state index contributed by atoms with van der Waals surface area (Å²) in [4.78, 5) is 0. The van der Waals surface area contributed by atoms with Gasteiger partial charge in [0.05, 0.1) is 6.10 Å². The van der Waals surface area contributed by atoms with Crippen LogP contribution in [-0.2, 0) is 0 Å². The lowest BCUT2D eigenvalue weighted by Crippen LogP contribution is -2.61. The van der Waals surface area contributed by atoms with Crippen molar-refractivity contribution in [2.24, 2.45) is 5.92 Å². The smallest absolute Gasteiger partial charge is 0.0620 e. The number of allylic oxidation sites excluding steroid dienone is 2. The fraction of sp³-hybridized carbons (Fsp3) is 0.632. The van der Waals surface area contributed by atoms with E-state index in [4.69, 9.17) is 6.42 Å². The summed E-state index contributed by atoms with van der Waals surface area (Å²) >= 11 is 0. The summed E-state index contributed by atoms with van der Waals surface area (Å²) < 4.78 is 0. The van der Waals surface area contributed by atoms with E-state index in [0.29, 0.717) is 6.04 Å². The summed E-state index contributed by atoms with van der Waals surface area (Å²) in [5.41, 5.74) is 2.88. The maximum absolute atomic E-state index is 10.4. The molecule has 1 aliphatic heterocycles. The van der Waals surface area contributed by atoms with Crippen LogP contribution in [0.15, 0.2) is 30.5 Å². The third kappa shape index (κ3) is 3.89. The SMILES string of the molecule is C#C/C=C\[C@H]1[C@@H](O)CCC[C@]12CCC[C@@H](CCC=C=C)N2. The second-order valence-corrected chi connectivity index (χ2v) is 6.39. The molecule has 1 heterocycles. The highest BCUT2D eigenvalue weighted by molar-refractivity contribution is 5.17. The van der Waals surface area contributed by atoms with Crippen LogP contribution in [0, 0.1) is 18.3 Å². The van der Waals surface area contributed by atoms with E-state index in [0.717, 1.165) is 38.5 Å². The van der Waals surface area contributed by atoms with Gasteiger partial charge in [-0.3, -0.25) is 0 Å². The molecule has 0 aromatic rings. The molecule has 2 N–H and O–H groups in total. The average molecular weight is 285 g/mol. The van der Waals surface area contributed by atoms with E-state index in [1.807, 2.05) is 12.2 Å². The maximum atomic E-state index is 10.4. The van der Waals surface area contributed by atoms with Crippen molar-refractivity contribution in [1.29, 1.82) is 0 Å². The van der Waals surface area contributed by atoms with Gasteiger partial charge in [-0.25, -0.2) is 0 Å². The van der Waals surface area contributed by atoms with Crippen molar-refractivity contribution in [3.8, 4) is 12.3 Å². The number of hydrogen-bond acceptors (Lipinski definition) is 2. The molecule has 0 aromatic heterocycles. The third-order valence-electron chi connectivity index (χ3n) is 5.05. The number of hydrogen-bond donors (Lipinski definition) is 2. The highest BCUT2D eigenvalue weighted by atomic mass is 16.3. The Hall–Kier alpha value is -1.26. The molecule has 2 fully saturated rings. The van der Waals surface area contributed by atoms with Gasteiger partial charge in [0.1, 0.15) is 0 Å². The molecular weight excluding hydrogens is 258 g/mol. The molecule has 1 saturated carbocycles. The Morgan fingerprint density at radius 2 is 2.10 bits per heavy atom. The van der Waals surface area contributed by atoms with Crippen LogP contribution in [0.2, 0.25) is 0 Å². The molecular formula is C19H27NO. The van der Waals surface area contributed by atoms with Crippen LogP contribution < -0.4 is 5.32 Å². The first-order valence-corrected chi connectivity index (χ1v) is 8.15. The summed E-state index contributed by atoms with van der Waals surface area (Å²) in [6.45, 7) is 3.62. The van der Waals surface area contributed by atoms with Crippen LogP contribution in [0.4, 0.5) is 0 Å². The van der Waals surface area contributed by atoms with Crippen LogP contribution in [0.3, 0.4) is 0 Å². The first-order valence-electron chi connectivity index (χ1n) is 8.15. The van der Waals surface area contributed by atoms with E-state index in [-0.39, 0.29) is 17.6 Å². The van der Waals surface area contributed by atoms with Gasteiger partial charge in [-0.15, -0.1) is 12.2 Å². The topological polar surface area (TPSA) is 32.3 Å². The third-order valence-corrected chi connectivity index (χ3v) is 5.05. The molecule has 1 saturated heterocycles. The molecule has 4 atom stereocenters. The Morgan fingerprint density at radius 1 is 1.33 bits per heavy atom. The van der Waals surface area contributed by atoms with E-state index in [1.165, 1.54) is 12.8 Å². The second-order valence-electron chi connectivity index (χ2n) is 6.39. The van der Waals surface area contributed by atoms with E-state index in [9.17, 15) is 5.11 Å². The van der Waals surface area contributed by atoms with Gasteiger partial charge in [0.2, 0.25) is 0 Å². The van der Waals surface area contributed by atoms with Crippen LogP contribution in [-0.4, -0.2) is 22.8 Å². The van der Waals surface area contributed by atoms with Crippen LogP contribution in [0.25, 0.3) is 0 Å². The Morgan fingerprint density at radius 3 is 2.81 bits per heavy atom. The van der Waals surface area contributed by atoms with Crippen LogP contribution in [0.5, 0.6) is 0 Å². The molecule has 1 aliphatic carbocycles. The summed E-state index contributed by atoms with van der Waals surface area (Å²) in [5, 5.41) is 14.3. The summed E-state index contributed by atoms with van der Waals surface area (Å²) in [6, 6.07) is 0.524. The average Bonchev–Trinajstić information content (AvgIpc) is 2.47. The molecule has 0 amide bonds. The number of aliphatic hydroxyl groups is 1. The number of nitrogens with one attached hydrogen (secondary N) is 1. The molecule has 114 valence electrons. The Labute approximate surface area is 129 Å². The van der Waals surface area contributed by atoms with Crippen molar-refractivity contribution in [2.75, 3.05) is 0 Å². The summed E-state index contributed by atoms with van der Waals surface area (Å²) in [7, 11) is 0. The molecule has 21 heavy (non-hydrogen) atoms. The number of piperidine rings is 1. The van der Waals surface area contributed by atoms with E-state index in [2.05, 4.69) is 23.5 Å². The van der Waals surface area contributed by atoms with Gasteiger partial charge < -0.3 is 10.4 Å². The lowest BCUT2D eigenvalue weighted by molar-refractivity contribution is 0.00300. The first-order chi connectivity index (χ1) is 10.2. The molecule has 1 spiro atoms. The zero-order valence-corrected chi connectivity index (χ0v) is 12.9. The van der Waals surface area contributed by atoms with Gasteiger partial charge in [-0.2, -0.15) is 0 Å². The lowest BCUT2D eigenvalue weighted by Gasteiger charge is -2.51. The van der Waals surface area contributed by atoms with Gasteiger partial charge in [-0.1, -0.05) is 25.0 Å². The molecule has 0 bridgehead atoms. The highest BCUT2D eigenvalue weighted by Gasteiger charge is 2.45. The largest absolute Gasteiger partial charge is 0.392 e. The van der Waals surface area contributed by atoms with E-state index in [1.54, 1.807) is 6.08 Å². The van der Waals surface area contributed by atoms with Crippen LogP contribution in [0.1, 0.15) is 51.4 Å². The van der Waals surface area contributed by atoms with E-state index < -0.39 is 0 Å². The number of rotatable bonds is 4. The van der Waals surface area contributed by atoms with E-state index >= 15 is 0 Å². The van der Waals surface area contributed by atoms with Gasteiger partial charge in [-0.05, 0) is 57.1 Å². The second kappa shape index (κ2) is 7.66. The van der Waals surface area contributed by atoms with Gasteiger partial charge >= 0.3 is 0 Å². The normalized spacial score (nSPS) is 36.3. The minimum absolute atomic E-state index is 0.0336. The Bertz CT molecular complexity index is 451. The summed E-state index contributed by atoms with van der Waals surface area (Å²) in [5.74, 6) is 2.71. The number of terminal acetylenes is 1. The van der Waals surface area contributed by atoms with Gasteiger partial charge in [0.15, 0.2) is 0 Å². The zero-order valence-electron chi connectivity index (χ0n) is 12.9. The minimum atomic E-state index is -0.275. The molecule has 2 aliphatic rings. The standard InChI is InChI=1S/C19H27NO/c1-3-5-7-10-16-11-8-14-19(20-16)15-9-13-18(21)17(19)12-6-4-2/h2,5-6,12,16-18,20-21H,1,7-11,13-15H2/b12-6-/t16-,17+,18+,19-/m1/s1. The quantitative estimate of drug-likeness (QED) is 0.613.